The van der Waals surface area contributed by atoms with Crippen LogP contribution in [0.1, 0.15) is 38.3 Å². The molecule has 3 N–H and O–H groups in total. The summed E-state index contributed by atoms with van der Waals surface area (Å²) in [4.78, 5) is 12.8. The summed E-state index contributed by atoms with van der Waals surface area (Å²) in [5.74, 6) is -0.235. The average molecular weight is 375 g/mol. The summed E-state index contributed by atoms with van der Waals surface area (Å²) in [6, 6.07) is 6.23. The number of hydrogen-bond acceptors (Lipinski definition) is 6. The maximum atomic E-state index is 12.8. The minimum atomic E-state index is -0.974. The van der Waals surface area contributed by atoms with Gasteiger partial charge in [0.2, 0.25) is 11.0 Å². The molecule has 1 amide bonds. The van der Waals surface area contributed by atoms with E-state index in [-0.39, 0.29) is 12.0 Å². The van der Waals surface area contributed by atoms with Gasteiger partial charge in [0.15, 0.2) is 0 Å². The highest BCUT2D eigenvalue weighted by atomic mass is 32.1. The molecule has 6 nitrogen and oxygen atoms in total. The SMILES string of the molecule is CCOC1CC(N)(C(=O)Nc2nnc(-c3cc(C)cc(C)c3)s2)C1(C)C. The Labute approximate surface area is 158 Å². The molecule has 2 unspecified atom stereocenters. The van der Waals surface area contributed by atoms with Crippen LogP contribution in [0.3, 0.4) is 0 Å². The predicted molar refractivity (Wildman–Crippen MR) is 104 cm³/mol. The largest absolute Gasteiger partial charge is 0.378 e. The minimum Gasteiger partial charge on any atom is -0.378 e. The molecule has 2 aromatic rings. The van der Waals surface area contributed by atoms with Crippen LogP contribution < -0.4 is 11.1 Å². The maximum absolute atomic E-state index is 12.8. The molecule has 0 bridgehead atoms. The summed E-state index contributed by atoms with van der Waals surface area (Å²) in [7, 11) is 0. The Balaban J connectivity index is 1.74. The van der Waals surface area contributed by atoms with Crippen molar-refractivity contribution < 1.29 is 9.53 Å². The van der Waals surface area contributed by atoms with Crippen LogP contribution in [0.25, 0.3) is 10.6 Å². The van der Waals surface area contributed by atoms with Crippen molar-refractivity contribution in [1.82, 2.24) is 10.2 Å². The van der Waals surface area contributed by atoms with Crippen LogP contribution in [0.15, 0.2) is 18.2 Å². The number of benzene rings is 1. The third-order valence-electron chi connectivity index (χ3n) is 5.35. The summed E-state index contributed by atoms with van der Waals surface area (Å²) in [5, 5.41) is 12.4. The summed E-state index contributed by atoms with van der Waals surface area (Å²) in [6.07, 6.45) is 0.492. The van der Waals surface area contributed by atoms with Gasteiger partial charge in [0.1, 0.15) is 10.5 Å². The fraction of sp³-hybridized carbons (Fsp3) is 0.526. The molecule has 0 saturated heterocycles. The quantitative estimate of drug-likeness (QED) is 0.838. The first kappa shape index (κ1) is 18.9. The number of nitrogens with two attached hydrogens (primary N) is 1. The molecule has 2 atom stereocenters. The molecular formula is C19H26N4O2S. The first-order valence-corrected chi connectivity index (χ1v) is 9.63. The third-order valence-corrected chi connectivity index (χ3v) is 6.24. The minimum absolute atomic E-state index is 0.0106. The van der Waals surface area contributed by atoms with Crippen molar-refractivity contribution in [3.63, 3.8) is 0 Å². The summed E-state index contributed by atoms with van der Waals surface area (Å²) in [5.41, 5.74) is 8.34. The van der Waals surface area contributed by atoms with Crippen molar-refractivity contribution in [2.45, 2.75) is 52.7 Å². The van der Waals surface area contributed by atoms with Crippen LogP contribution in [0.4, 0.5) is 5.13 Å². The highest BCUT2D eigenvalue weighted by Crippen LogP contribution is 2.50. The lowest BCUT2D eigenvalue weighted by Crippen LogP contribution is -2.74. The zero-order valence-corrected chi connectivity index (χ0v) is 16.7. The summed E-state index contributed by atoms with van der Waals surface area (Å²) in [6.45, 7) is 10.6. The van der Waals surface area contributed by atoms with E-state index in [1.54, 1.807) is 0 Å². The molecule has 1 aromatic heterocycles. The highest BCUT2D eigenvalue weighted by molar-refractivity contribution is 7.18. The van der Waals surface area contributed by atoms with Crippen LogP contribution in [0.5, 0.6) is 0 Å². The van der Waals surface area contributed by atoms with Gasteiger partial charge in [-0.2, -0.15) is 0 Å². The Bertz CT molecular complexity index is 812. The molecule has 1 aromatic carbocycles. The van der Waals surface area contributed by atoms with E-state index in [0.717, 1.165) is 10.6 Å². The second kappa shape index (κ2) is 6.72. The first-order valence-electron chi connectivity index (χ1n) is 8.81. The number of hydrogen-bond donors (Lipinski definition) is 2. The van der Waals surface area contributed by atoms with Crippen LogP contribution in [-0.4, -0.2) is 34.4 Å². The van der Waals surface area contributed by atoms with Crippen molar-refractivity contribution >= 4 is 22.4 Å². The number of carbonyl (C=O) groups is 1. The lowest BCUT2D eigenvalue weighted by molar-refractivity contribution is -0.166. The highest BCUT2D eigenvalue weighted by Gasteiger charge is 2.63. The molecule has 1 fully saturated rings. The Kier molecular flexibility index (Phi) is 4.90. The number of ether oxygens (including phenoxy) is 1. The third kappa shape index (κ3) is 3.15. The van der Waals surface area contributed by atoms with E-state index in [0.29, 0.717) is 18.2 Å². The number of nitrogens with one attached hydrogen (secondary N) is 1. The topological polar surface area (TPSA) is 90.1 Å². The van der Waals surface area contributed by atoms with Gasteiger partial charge in [-0.15, -0.1) is 10.2 Å². The molecule has 1 aliphatic carbocycles. The summed E-state index contributed by atoms with van der Waals surface area (Å²) >= 11 is 1.35. The van der Waals surface area contributed by atoms with Crippen LogP contribution in [0, 0.1) is 19.3 Å². The Hall–Kier alpha value is -1.83. The maximum Gasteiger partial charge on any atom is 0.247 e. The van der Waals surface area contributed by atoms with Gasteiger partial charge in [0.25, 0.3) is 0 Å². The second-order valence-corrected chi connectivity index (χ2v) is 8.56. The summed E-state index contributed by atoms with van der Waals surface area (Å²) < 4.78 is 5.69. The van der Waals surface area contributed by atoms with Crippen molar-refractivity contribution in [2.24, 2.45) is 11.1 Å². The van der Waals surface area contributed by atoms with Crippen molar-refractivity contribution in [1.29, 1.82) is 0 Å². The van der Waals surface area contributed by atoms with Crippen LogP contribution >= 0.6 is 11.3 Å². The predicted octanol–water partition coefficient (Wildman–Crippen LogP) is 3.29. The van der Waals surface area contributed by atoms with Gasteiger partial charge in [-0.3, -0.25) is 10.1 Å². The fourth-order valence-electron chi connectivity index (χ4n) is 3.52. The number of aryl methyl sites for hydroxylation is 2. The van der Waals surface area contributed by atoms with Gasteiger partial charge in [-0.25, -0.2) is 0 Å². The molecule has 1 heterocycles. The monoisotopic (exact) mass is 374 g/mol. The van der Waals surface area contributed by atoms with E-state index < -0.39 is 11.0 Å². The van der Waals surface area contributed by atoms with Gasteiger partial charge in [0.05, 0.1) is 6.10 Å². The van der Waals surface area contributed by atoms with E-state index in [1.165, 1.54) is 22.5 Å². The Morgan fingerprint density at radius 1 is 1.31 bits per heavy atom. The van der Waals surface area contributed by atoms with E-state index >= 15 is 0 Å². The van der Waals surface area contributed by atoms with Gasteiger partial charge < -0.3 is 10.5 Å². The molecule has 3 rings (SSSR count). The first-order chi connectivity index (χ1) is 12.2. The van der Waals surface area contributed by atoms with Crippen molar-refractivity contribution in [3.05, 3.63) is 29.3 Å². The molecule has 0 radical (unpaired) electrons. The van der Waals surface area contributed by atoms with Crippen LogP contribution in [0.2, 0.25) is 0 Å². The van der Waals surface area contributed by atoms with Gasteiger partial charge in [-0.1, -0.05) is 42.4 Å². The molecule has 1 aliphatic rings. The lowest BCUT2D eigenvalue weighted by Gasteiger charge is -2.57. The average Bonchev–Trinajstić information content (AvgIpc) is 3.02. The van der Waals surface area contributed by atoms with E-state index in [9.17, 15) is 4.79 Å². The van der Waals surface area contributed by atoms with E-state index in [1.807, 2.05) is 34.6 Å². The number of aromatic nitrogens is 2. The molecular weight excluding hydrogens is 348 g/mol. The number of nitrogens with zero attached hydrogens (tertiary/aromatic N) is 2. The number of carbonyl (C=O) groups excluding carboxylic acids is 1. The standard InChI is InChI=1S/C19H26N4O2S/c1-6-25-14-10-19(20,18(14,4)5)16(24)21-17-23-22-15(26-17)13-8-11(2)7-12(3)9-13/h7-9,14H,6,10,20H2,1-5H3,(H,21,23,24). The van der Waals surface area contributed by atoms with Crippen molar-refractivity contribution in [2.75, 3.05) is 11.9 Å². The van der Waals surface area contributed by atoms with Crippen LogP contribution in [-0.2, 0) is 9.53 Å². The Morgan fingerprint density at radius 2 is 1.96 bits per heavy atom. The molecule has 7 heteroatoms. The molecule has 0 spiro atoms. The second-order valence-electron chi connectivity index (χ2n) is 7.58. The van der Waals surface area contributed by atoms with E-state index in [2.05, 4.69) is 33.7 Å². The molecule has 0 aliphatic heterocycles. The Morgan fingerprint density at radius 3 is 2.54 bits per heavy atom. The van der Waals surface area contributed by atoms with Gasteiger partial charge in [-0.05, 0) is 32.9 Å². The molecule has 26 heavy (non-hydrogen) atoms. The molecule has 1 saturated carbocycles. The van der Waals surface area contributed by atoms with Gasteiger partial charge >= 0.3 is 0 Å². The van der Waals surface area contributed by atoms with Crippen molar-refractivity contribution in [3.8, 4) is 10.6 Å². The number of rotatable bonds is 5. The fourth-order valence-corrected chi connectivity index (χ4v) is 4.24. The zero-order chi connectivity index (χ0) is 19.1. The lowest BCUT2D eigenvalue weighted by atomic mass is 9.54. The molecule has 140 valence electrons. The number of amides is 1. The smallest absolute Gasteiger partial charge is 0.247 e. The van der Waals surface area contributed by atoms with Gasteiger partial charge in [0, 0.05) is 24.0 Å². The zero-order valence-electron chi connectivity index (χ0n) is 15.9. The normalized spacial score (nSPS) is 24.2. The number of anilines is 1. The van der Waals surface area contributed by atoms with E-state index in [4.69, 9.17) is 10.5 Å².